The van der Waals surface area contributed by atoms with Gasteiger partial charge < -0.3 is 10.6 Å². The second-order valence-corrected chi connectivity index (χ2v) is 6.05. The molecule has 2 N–H and O–H groups in total. The summed E-state index contributed by atoms with van der Waals surface area (Å²) in [5, 5.41) is 6.43. The molecule has 1 saturated carbocycles. The number of carbonyl (C=O) groups is 1. The molecule has 116 valence electrons. The van der Waals surface area contributed by atoms with Gasteiger partial charge in [-0.1, -0.05) is 33.1 Å². The Morgan fingerprint density at radius 1 is 1.29 bits per heavy atom. The summed E-state index contributed by atoms with van der Waals surface area (Å²) in [5.74, 6) is 0.512. The van der Waals surface area contributed by atoms with Crippen LogP contribution >= 0.6 is 0 Å². The zero-order valence-corrected chi connectivity index (χ0v) is 13.2. The topological polar surface area (TPSA) is 54.0 Å². The molecule has 1 aromatic heterocycles. The normalized spacial score (nSPS) is 22.4. The summed E-state index contributed by atoms with van der Waals surface area (Å²) >= 11 is 0. The van der Waals surface area contributed by atoms with E-state index in [1.807, 2.05) is 6.07 Å². The number of aromatic nitrogens is 1. The van der Waals surface area contributed by atoms with Gasteiger partial charge in [-0.2, -0.15) is 0 Å². The maximum absolute atomic E-state index is 12.3. The molecule has 4 nitrogen and oxygen atoms in total. The second-order valence-electron chi connectivity index (χ2n) is 6.05. The molecule has 21 heavy (non-hydrogen) atoms. The smallest absolute Gasteiger partial charge is 0.270 e. The van der Waals surface area contributed by atoms with Gasteiger partial charge in [0.1, 0.15) is 5.69 Å². The lowest BCUT2D eigenvalue weighted by Gasteiger charge is -2.22. The molecule has 4 heteroatoms. The van der Waals surface area contributed by atoms with Crippen molar-refractivity contribution >= 4 is 11.6 Å². The highest BCUT2D eigenvalue weighted by Gasteiger charge is 2.22. The minimum absolute atomic E-state index is 0.0456. The van der Waals surface area contributed by atoms with Crippen molar-refractivity contribution in [1.82, 2.24) is 10.3 Å². The molecule has 1 aliphatic carbocycles. The molecular formula is C17H27N3O. The van der Waals surface area contributed by atoms with Crippen molar-refractivity contribution in [3.8, 4) is 0 Å². The van der Waals surface area contributed by atoms with Crippen LogP contribution in [-0.4, -0.2) is 23.5 Å². The first-order valence-electron chi connectivity index (χ1n) is 8.21. The molecule has 0 aromatic carbocycles. The van der Waals surface area contributed by atoms with Gasteiger partial charge in [-0.3, -0.25) is 4.79 Å². The lowest BCUT2D eigenvalue weighted by molar-refractivity contribution is 0.0916. The van der Waals surface area contributed by atoms with Gasteiger partial charge in [-0.05, 0) is 37.3 Å². The Morgan fingerprint density at radius 3 is 2.81 bits per heavy atom. The summed E-state index contributed by atoms with van der Waals surface area (Å²) in [6.07, 6.45) is 8.88. The van der Waals surface area contributed by atoms with E-state index >= 15 is 0 Å². The van der Waals surface area contributed by atoms with Crippen LogP contribution in [-0.2, 0) is 0 Å². The van der Waals surface area contributed by atoms with E-state index < -0.39 is 0 Å². The van der Waals surface area contributed by atoms with E-state index in [2.05, 4.69) is 29.5 Å². The number of nitrogens with zero attached hydrogens (tertiary/aromatic N) is 1. The molecule has 0 spiro atoms. The number of anilines is 1. The summed E-state index contributed by atoms with van der Waals surface area (Å²) in [6, 6.07) is 4.02. The Kier molecular flexibility index (Phi) is 6.03. The first kappa shape index (κ1) is 15.8. The molecule has 1 amide bonds. The molecule has 0 bridgehead atoms. The molecule has 1 heterocycles. The molecule has 2 rings (SSSR count). The zero-order chi connectivity index (χ0) is 15.1. The average Bonchev–Trinajstić information content (AvgIpc) is 2.70. The van der Waals surface area contributed by atoms with Gasteiger partial charge in [0.25, 0.3) is 5.91 Å². The highest BCUT2D eigenvalue weighted by atomic mass is 16.1. The quantitative estimate of drug-likeness (QED) is 0.814. The molecule has 1 aliphatic rings. The molecular weight excluding hydrogens is 262 g/mol. The van der Waals surface area contributed by atoms with Crippen LogP contribution in [0.5, 0.6) is 0 Å². The van der Waals surface area contributed by atoms with Gasteiger partial charge in [0.2, 0.25) is 0 Å². The van der Waals surface area contributed by atoms with E-state index in [1.165, 1.54) is 25.7 Å². The standard InChI is InChI=1S/C17H27N3O/c1-3-11-18-14-9-10-16(19-12-14)17(21)20-15-8-6-4-5-7-13(15)2/h9-10,12-13,15,18H,3-8,11H2,1-2H3,(H,20,21). The fourth-order valence-corrected chi connectivity index (χ4v) is 2.85. The highest BCUT2D eigenvalue weighted by molar-refractivity contribution is 5.92. The Bertz CT molecular complexity index is 444. The maximum atomic E-state index is 12.3. The third kappa shape index (κ3) is 4.73. The monoisotopic (exact) mass is 289 g/mol. The number of hydrogen-bond donors (Lipinski definition) is 2. The minimum atomic E-state index is -0.0456. The fourth-order valence-electron chi connectivity index (χ4n) is 2.85. The van der Waals surface area contributed by atoms with Gasteiger partial charge in [0.15, 0.2) is 0 Å². The molecule has 1 fully saturated rings. The van der Waals surface area contributed by atoms with Crippen LogP contribution in [0.15, 0.2) is 18.3 Å². The number of carbonyl (C=O) groups excluding carboxylic acids is 1. The van der Waals surface area contributed by atoms with Crippen molar-refractivity contribution in [2.75, 3.05) is 11.9 Å². The number of hydrogen-bond acceptors (Lipinski definition) is 3. The average molecular weight is 289 g/mol. The molecule has 2 unspecified atom stereocenters. The van der Waals surface area contributed by atoms with Gasteiger partial charge >= 0.3 is 0 Å². The molecule has 0 aliphatic heterocycles. The second kappa shape index (κ2) is 8.01. The Morgan fingerprint density at radius 2 is 2.10 bits per heavy atom. The number of rotatable bonds is 5. The summed E-state index contributed by atoms with van der Waals surface area (Å²) in [6.45, 7) is 5.28. The van der Waals surface area contributed by atoms with Crippen LogP contribution in [0.25, 0.3) is 0 Å². The maximum Gasteiger partial charge on any atom is 0.270 e. The van der Waals surface area contributed by atoms with Crippen molar-refractivity contribution in [1.29, 1.82) is 0 Å². The van der Waals surface area contributed by atoms with Crippen LogP contribution in [0, 0.1) is 5.92 Å². The van der Waals surface area contributed by atoms with E-state index in [9.17, 15) is 4.79 Å². The lowest BCUT2D eigenvalue weighted by Crippen LogP contribution is -2.39. The highest BCUT2D eigenvalue weighted by Crippen LogP contribution is 2.23. The van der Waals surface area contributed by atoms with Crippen molar-refractivity contribution < 1.29 is 4.79 Å². The van der Waals surface area contributed by atoms with Crippen LogP contribution in [0.3, 0.4) is 0 Å². The molecule has 0 radical (unpaired) electrons. The SMILES string of the molecule is CCCNc1ccc(C(=O)NC2CCCCCC2C)nc1. The van der Waals surface area contributed by atoms with E-state index in [4.69, 9.17) is 0 Å². The van der Waals surface area contributed by atoms with E-state index in [0.717, 1.165) is 25.1 Å². The molecule has 0 saturated heterocycles. The zero-order valence-electron chi connectivity index (χ0n) is 13.2. The lowest BCUT2D eigenvalue weighted by atomic mass is 9.97. The first-order chi connectivity index (χ1) is 10.2. The summed E-state index contributed by atoms with van der Waals surface area (Å²) in [5.41, 5.74) is 1.48. The predicted octanol–water partition coefficient (Wildman–Crippen LogP) is 3.60. The van der Waals surface area contributed by atoms with E-state index in [1.54, 1.807) is 12.3 Å². The third-order valence-corrected chi connectivity index (χ3v) is 4.25. The summed E-state index contributed by atoms with van der Waals surface area (Å²) in [7, 11) is 0. The summed E-state index contributed by atoms with van der Waals surface area (Å²) < 4.78 is 0. The predicted molar refractivity (Wildman–Crippen MR) is 86.5 cm³/mol. The number of pyridine rings is 1. The Hall–Kier alpha value is -1.58. The number of amides is 1. The van der Waals surface area contributed by atoms with E-state index in [-0.39, 0.29) is 5.91 Å². The van der Waals surface area contributed by atoms with Crippen LogP contribution in [0.1, 0.15) is 62.9 Å². The van der Waals surface area contributed by atoms with Crippen molar-refractivity contribution in [2.45, 2.75) is 58.4 Å². The van der Waals surface area contributed by atoms with E-state index in [0.29, 0.717) is 17.7 Å². The number of nitrogens with one attached hydrogen (secondary N) is 2. The Labute approximate surface area is 127 Å². The van der Waals surface area contributed by atoms with Gasteiger partial charge in [0.05, 0.1) is 11.9 Å². The minimum Gasteiger partial charge on any atom is -0.384 e. The Balaban J connectivity index is 1.92. The summed E-state index contributed by atoms with van der Waals surface area (Å²) in [4.78, 5) is 16.6. The fraction of sp³-hybridized carbons (Fsp3) is 0.647. The van der Waals surface area contributed by atoms with Gasteiger partial charge in [-0.25, -0.2) is 4.98 Å². The largest absolute Gasteiger partial charge is 0.384 e. The molecule has 2 atom stereocenters. The van der Waals surface area contributed by atoms with Crippen LogP contribution in [0.4, 0.5) is 5.69 Å². The van der Waals surface area contributed by atoms with Crippen LogP contribution < -0.4 is 10.6 Å². The van der Waals surface area contributed by atoms with Gasteiger partial charge in [-0.15, -0.1) is 0 Å². The van der Waals surface area contributed by atoms with Crippen molar-refractivity contribution in [2.24, 2.45) is 5.92 Å². The third-order valence-electron chi connectivity index (χ3n) is 4.25. The molecule has 1 aromatic rings. The van der Waals surface area contributed by atoms with Crippen molar-refractivity contribution in [3.05, 3.63) is 24.0 Å². The van der Waals surface area contributed by atoms with Crippen LogP contribution in [0.2, 0.25) is 0 Å². The van der Waals surface area contributed by atoms with Gasteiger partial charge in [0, 0.05) is 12.6 Å². The first-order valence-corrected chi connectivity index (χ1v) is 8.21. The van der Waals surface area contributed by atoms with Crippen molar-refractivity contribution in [3.63, 3.8) is 0 Å².